The van der Waals surface area contributed by atoms with Gasteiger partial charge in [0.2, 0.25) is 0 Å². The van der Waals surface area contributed by atoms with Crippen molar-refractivity contribution in [1.29, 1.82) is 0 Å². The maximum atomic E-state index is 12.6. The molecule has 0 aliphatic rings. The van der Waals surface area contributed by atoms with Gasteiger partial charge in [-0.1, -0.05) is 166 Å². The number of aliphatic carboxylic acids is 1. The summed E-state index contributed by atoms with van der Waals surface area (Å²) in [5.41, 5.74) is 0. The molecule has 0 fully saturated rings. The number of carboxylic acids is 1. The van der Waals surface area contributed by atoms with Crippen molar-refractivity contribution < 1.29 is 19.4 Å². The first kappa shape index (κ1) is 44.2. The van der Waals surface area contributed by atoms with Gasteiger partial charge in [-0.05, 0) is 70.6 Å². The minimum Gasteiger partial charge on any atom is -0.481 e. The minimum atomic E-state index is -0.724. The number of unbranched alkanes of at least 4 members (excludes halogenated alkanes) is 21. The lowest BCUT2D eigenvalue weighted by Gasteiger charge is -2.18. The van der Waals surface area contributed by atoms with Crippen LogP contribution in [0.4, 0.5) is 0 Å². The number of carbonyl (C=O) groups excluding carboxylic acids is 1. The fourth-order valence-electron chi connectivity index (χ4n) is 5.96. The topological polar surface area (TPSA) is 63.6 Å². The van der Waals surface area contributed by atoms with Gasteiger partial charge in [-0.3, -0.25) is 9.59 Å². The maximum absolute atomic E-state index is 12.6. The Bertz CT molecular complexity index is 738. The molecule has 0 rings (SSSR count). The Morgan fingerprint density at radius 3 is 1.43 bits per heavy atom. The van der Waals surface area contributed by atoms with Gasteiger partial charge < -0.3 is 9.84 Å². The van der Waals surface area contributed by atoms with Crippen molar-refractivity contribution >= 4 is 11.9 Å². The Hall–Kier alpha value is -1.84. The molecule has 0 saturated heterocycles. The predicted molar refractivity (Wildman–Crippen MR) is 199 cm³/mol. The second-order valence-electron chi connectivity index (χ2n) is 13.4. The highest BCUT2D eigenvalue weighted by Gasteiger charge is 2.14. The largest absolute Gasteiger partial charge is 0.481 e. The first-order valence-electron chi connectivity index (χ1n) is 20.0. The van der Waals surface area contributed by atoms with E-state index < -0.39 is 5.97 Å². The van der Waals surface area contributed by atoms with Crippen LogP contribution in [-0.4, -0.2) is 23.1 Å². The van der Waals surface area contributed by atoms with Gasteiger partial charge in [-0.15, -0.1) is 0 Å². The molecule has 0 aliphatic carbocycles. The molecule has 0 amide bonds. The summed E-state index contributed by atoms with van der Waals surface area (Å²) in [7, 11) is 0. The number of hydrogen-bond donors (Lipinski definition) is 1. The zero-order valence-corrected chi connectivity index (χ0v) is 30.6. The zero-order valence-electron chi connectivity index (χ0n) is 30.6. The summed E-state index contributed by atoms with van der Waals surface area (Å²) in [6, 6.07) is 0. The number of rotatable bonds is 36. The van der Waals surface area contributed by atoms with E-state index in [9.17, 15) is 9.59 Å². The molecule has 1 unspecified atom stereocenters. The lowest BCUT2D eigenvalue weighted by molar-refractivity contribution is -0.150. The minimum absolute atomic E-state index is 0.00111. The van der Waals surface area contributed by atoms with Crippen LogP contribution in [0.3, 0.4) is 0 Å². The molecule has 0 spiro atoms. The van der Waals surface area contributed by atoms with Crippen LogP contribution in [-0.2, 0) is 14.3 Å². The van der Waals surface area contributed by atoms with Crippen molar-refractivity contribution in [2.75, 3.05) is 0 Å². The summed E-state index contributed by atoms with van der Waals surface area (Å²) in [4.78, 5) is 23.4. The van der Waals surface area contributed by atoms with Crippen molar-refractivity contribution in [1.82, 2.24) is 0 Å². The van der Waals surface area contributed by atoms with E-state index in [2.05, 4.69) is 50.3 Å². The van der Waals surface area contributed by atoms with E-state index in [0.29, 0.717) is 12.8 Å². The molecule has 0 radical (unpaired) electrons. The Kier molecular flexibility index (Phi) is 36.1. The first-order valence-corrected chi connectivity index (χ1v) is 20.0. The van der Waals surface area contributed by atoms with Gasteiger partial charge >= 0.3 is 11.9 Å². The highest BCUT2D eigenvalue weighted by Crippen LogP contribution is 2.19. The van der Waals surface area contributed by atoms with E-state index in [4.69, 9.17) is 9.84 Å². The number of esters is 1. The smallest absolute Gasteiger partial charge is 0.306 e. The van der Waals surface area contributed by atoms with Crippen molar-refractivity contribution in [3.8, 4) is 0 Å². The molecule has 0 aromatic heterocycles. The quantitative estimate of drug-likeness (QED) is 0.0419. The van der Waals surface area contributed by atoms with Crippen LogP contribution >= 0.6 is 0 Å². The normalized spacial score (nSPS) is 12.6. The average molecular weight is 645 g/mol. The van der Waals surface area contributed by atoms with Gasteiger partial charge in [-0.25, -0.2) is 0 Å². The Morgan fingerprint density at radius 2 is 0.913 bits per heavy atom. The molecule has 0 aromatic carbocycles. The molecule has 0 heterocycles. The van der Waals surface area contributed by atoms with Gasteiger partial charge in [0.1, 0.15) is 6.10 Å². The van der Waals surface area contributed by atoms with Crippen LogP contribution in [0.1, 0.15) is 213 Å². The monoisotopic (exact) mass is 645 g/mol. The molecule has 1 atom stereocenters. The van der Waals surface area contributed by atoms with Crippen molar-refractivity contribution in [3.63, 3.8) is 0 Å². The van der Waals surface area contributed by atoms with Gasteiger partial charge in [0, 0.05) is 12.8 Å². The second-order valence-corrected chi connectivity index (χ2v) is 13.4. The number of allylic oxidation sites excluding steroid dienone is 6. The molecule has 46 heavy (non-hydrogen) atoms. The van der Waals surface area contributed by atoms with Crippen LogP contribution in [0.25, 0.3) is 0 Å². The summed E-state index contributed by atoms with van der Waals surface area (Å²) in [5.74, 6) is -0.759. The third-order valence-corrected chi connectivity index (χ3v) is 8.88. The van der Waals surface area contributed by atoms with E-state index in [0.717, 1.165) is 64.2 Å². The summed E-state index contributed by atoms with van der Waals surface area (Å²) < 4.78 is 5.94. The second kappa shape index (κ2) is 37.6. The lowest BCUT2D eigenvalue weighted by Crippen LogP contribution is -2.18. The Labute approximate surface area is 286 Å². The molecule has 4 nitrogen and oxygen atoms in total. The first-order chi connectivity index (χ1) is 22.6. The third kappa shape index (κ3) is 36.6. The van der Waals surface area contributed by atoms with Gasteiger partial charge in [0.05, 0.1) is 0 Å². The number of hydrogen-bond acceptors (Lipinski definition) is 3. The van der Waals surface area contributed by atoms with Crippen LogP contribution in [0, 0.1) is 0 Å². The van der Waals surface area contributed by atoms with Crippen molar-refractivity contribution in [2.45, 2.75) is 219 Å². The summed E-state index contributed by atoms with van der Waals surface area (Å²) in [6.07, 6.45) is 48.8. The summed E-state index contributed by atoms with van der Waals surface area (Å²) in [5, 5.41) is 8.89. The van der Waals surface area contributed by atoms with Gasteiger partial charge in [0.25, 0.3) is 0 Å². The molecular weight excluding hydrogens is 568 g/mol. The SMILES string of the molecule is CC/C=C\C/C=C\C/C=C\CCCCCCCCCCCC(=O)OC(CCCCCCCCCCCCC)CCCCCC(=O)O. The maximum Gasteiger partial charge on any atom is 0.306 e. The van der Waals surface area contributed by atoms with E-state index in [-0.39, 0.29) is 18.5 Å². The van der Waals surface area contributed by atoms with E-state index >= 15 is 0 Å². The number of ether oxygens (including phenoxy) is 1. The van der Waals surface area contributed by atoms with Crippen LogP contribution < -0.4 is 0 Å². The Morgan fingerprint density at radius 1 is 0.500 bits per heavy atom. The average Bonchev–Trinajstić information content (AvgIpc) is 3.04. The lowest BCUT2D eigenvalue weighted by atomic mass is 10.0. The summed E-state index contributed by atoms with van der Waals surface area (Å²) in [6.45, 7) is 4.44. The fraction of sp³-hybridized carbons (Fsp3) is 0.810. The molecule has 0 bridgehead atoms. The van der Waals surface area contributed by atoms with E-state index in [1.54, 1.807) is 0 Å². The fourth-order valence-corrected chi connectivity index (χ4v) is 5.96. The third-order valence-electron chi connectivity index (χ3n) is 8.88. The standard InChI is InChI=1S/C42H76O4/c1-3-5-7-9-11-13-15-16-17-18-19-20-21-22-24-26-28-30-35-39-42(45)46-40(37-33-31-34-38-41(43)44)36-32-29-27-25-23-14-12-10-8-6-4-2/h5,7,11,13,16-17,40H,3-4,6,8-10,12,14-15,18-39H2,1-2H3,(H,43,44)/b7-5-,13-11-,17-16-. The van der Waals surface area contributed by atoms with E-state index in [1.807, 2.05) is 0 Å². The predicted octanol–water partition coefficient (Wildman–Crippen LogP) is 13.8. The number of carboxylic acid groups (broad SMARTS) is 1. The Balaban J connectivity index is 3.89. The molecule has 1 N–H and O–H groups in total. The zero-order chi connectivity index (χ0) is 33.6. The summed E-state index contributed by atoms with van der Waals surface area (Å²) >= 11 is 0. The molecule has 268 valence electrons. The molecular formula is C42H76O4. The molecule has 0 aliphatic heterocycles. The van der Waals surface area contributed by atoms with Crippen molar-refractivity contribution in [3.05, 3.63) is 36.5 Å². The van der Waals surface area contributed by atoms with Gasteiger partial charge in [0.15, 0.2) is 0 Å². The van der Waals surface area contributed by atoms with Crippen LogP contribution in [0.5, 0.6) is 0 Å². The van der Waals surface area contributed by atoms with E-state index in [1.165, 1.54) is 116 Å². The molecule has 0 aromatic rings. The van der Waals surface area contributed by atoms with Crippen LogP contribution in [0.15, 0.2) is 36.5 Å². The molecule has 0 saturated carbocycles. The molecule has 4 heteroatoms. The highest BCUT2D eigenvalue weighted by molar-refractivity contribution is 5.69. The van der Waals surface area contributed by atoms with Crippen molar-refractivity contribution in [2.24, 2.45) is 0 Å². The highest BCUT2D eigenvalue weighted by atomic mass is 16.5. The number of carbonyl (C=O) groups is 2. The van der Waals surface area contributed by atoms with Crippen LogP contribution in [0.2, 0.25) is 0 Å². The van der Waals surface area contributed by atoms with Gasteiger partial charge in [-0.2, -0.15) is 0 Å².